The fourth-order valence-electron chi connectivity index (χ4n) is 3.73. The number of hydrogen-bond donors (Lipinski definition) is 0. The van der Waals surface area contributed by atoms with Gasteiger partial charge in [0.25, 0.3) is 0 Å². The molecule has 1 aliphatic heterocycles. The first-order chi connectivity index (χ1) is 9.86. The SMILES string of the molecule is C.CC1(C)OB(C2CCCC2)OC1(C)C.CCC1CCCC1.[CH3-].[CH3-].[Fe+2]. The normalized spacial score (nSPS) is 24.1. The topological polar surface area (TPSA) is 18.5 Å². The fourth-order valence-corrected chi connectivity index (χ4v) is 3.73. The van der Waals surface area contributed by atoms with E-state index in [4.69, 9.17) is 9.31 Å². The molecule has 1 heterocycles. The Morgan fingerprint density at radius 1 is 0.800 bits per heavy atom. The first-order valence-corrected chi connectivity index (χ1v) is 9.21. The second kappa shape index (κ2) is 12.8. The van der Waals surface area contributed by atoms with Gasteiger partial charge in [-0.1, -0.05) is 72.1 Å². The Kier molecular flexibility index (Phi) is 15.5. The summed E-state index contributed by atoms with van der Waals surface area (Å²) in [6, 6.07) is 0. The Labute approximate surface area is 171 Å². The first kappa shape index (κ1) is 30.2. The average molecular weight is 396 g/mol. The van der Waals surface area contributed by atoms with Gasteiger partial charge in [0, 0.05) is 0 Å². The third-order valence-electron chi connectivity index (χ3n) is 6.11. The molecule has 0 aromatic rings. The summed E-state index contributed by atoms with van der Waals surface area (Å²) in [4.78, 5) is 0. The van der Waals surface area contributed by atoms with Gasteiger partial charge in [0.15, 0.2) is 0 Å². The van der Waals surface area contributed by atoms with E-state index < -0.39 is 0 Å². The van der Waals surface area contributed by atoms with E-state index in [1.54, 1.807) is 0 Å². The van der Waals surface area contributed by atoms with Crippen molar-refractivity contribution >= 4 is 7.12 Å². The summed E-state index contributed by atoms with van der Waals surface area (Å²) < 4.78 is 12.1. The van der Waals surface area contributed by atoms with Crippen molar-refractivity contribution in [2.75, 3.05) is 0 Å². The second-order valence-electron chi connectivity index (χ2n) is 8.23. The van der Waals surface area contributed by atoms with Gasteiger partial charge in [-0.2, -0.15) is 0 Å². The standard InChI is InChI=1S/C11H21BO2.C7H14.CH4.2CH3.Fe/c1-10(2)11(3,4)14-12(13-10)9-7-5-6-8-9;1-2-7-5-3-4-6-7;;;;/h9H,5-8H2,1-4H3;7H,2-6H2,1H3;1H4;2*1H3;/q;;;2*-1;+2. The van der Waals surface area contributed by atoms with Gasteiger partial charge in [0.05, 0.1) is 11.2 Å². The molecule has 25 heavy (non-hydrogen) atoms. The molecule has 0 N–H and O–H groups in total. The molecule has 3 aliphatic rings. The molecule has 0 radical (unpaired) electrons. The predicted octanol–water partition coefficient (Wildman–Crippen LogP) is 7.14. The van der Waals surface area contributed by atoms with Crippen LogP contribution in [-0.4, -0.2) is 18.3 Å². The van der Waals surface area contributed by atoms with E-state index in [9.17, 15) is 0 Å². The molecule has 2 saturated carbocycles. The van der Waals surface area contributed by atoms with Crippen molar-refractivity contribution in [1.82, 2.24) is 0 Å². The van der Waals surface area contributed by atoms with E-state index in [-0.39, 0.29) is 57.7 Å². The minimum Gasteiger partial charge on any atom is -0.403 e. The van der Waals surface area contributed by atoms with E-state index in [2.05, 4.69) is 34.6 Å². The monoisotopic (exact) mass is 396 g/mol. The van der Waals surface area contributed by atoms with Crippen molar-refractivity contribution in [2.24, 2.45) is 5.92 Å². The molecule has 3 rings (SSSR count). The maximum atomic E-state index is 6.03. The van der Waals surface area contributed by atoms with Crippen LogP contribution in [0.5, 0.6) is 0 Å². The van der Waals surface area contributed by atoms with Crippen LogP contribution < -0.4 is 0 Å². The van der Waals surface area contributed by atoms with Crippen LogP contribution in [0.4, 0.5) is 0 Å². The summed E-state index contributed by atoms with van der Waals surface area (Å²) >= 11 is 0. The molecule has 0 spiro atoms. The Morgan fingerprint density at radius 2 is 1.16 bits per heavy atom. The van der Waals surface area contributed by atoms with Crippen molar-refractivity contribution in [3.05, 3.63) is 14.9 Å². The molecular formula is C21H45BFeO2. The summed E-state index contributed by atoms with van der Waals surface area (Å²) in [5, 5.41) is 0. The molecular weight excluding hydrogens is 351 g/mol. The molecule has 3 fully saturated rings. The number of hydrogen-bond acceptors (Lipinski definition) is 2. The molecule has 1 saturated heterocycles. The average Bonchev–Trinajstić information content (AvgIpc) is 3.13. The Balaban J connectivity index is -0.000000386. The molecule has 0 atom stereocenters. The van der Waals surface area contributed by atoms with Crippen LogP contribution >= 0.6 is 0 Å². The van der Waals surface area contributed by atoms with Crippen molar-refractivity contribution in [1.29, 1.82) is 0 Å². The van der Waals surface area contributed by atoms with Gasteiger partial charge in [-0.05, 0) is 39.4 Å². The van der Waals surface area contributed by atoms with Crippen LogP contribution in [0.1, 0.15) is 99.8 Å². The molecule has 0 unspecified atom stereocenters. The summed E-state index contributed by atoms with van der Waals surface area (Å²) in [6.07, 6.45) is 12.7. The van der Waals surface area contributed by atoms with Crippen LogP contribution in [0.2, 0.25) is 5.82 Å². The first-order valence-electron chi connectivity index (χ1n) is 9.21. The smallest absolute Gasteiger partial charge is 0.403 e. The second-order valence-corrected chi connectivity index (χ2v) is 8.23. The van der Waals surface area contributed by atoms with E-state index in [1.165, 1.54) is 57.8 Å². The summed E-state index contributed by atoms with van der Waals surface area (Å²) in [7, 11) is 0.0440. The van der Waals surface area contributed by atoms with Crippen molar-refractivity contribution in [2.45, 2.75) is 117 Å². The van der Waals surface area contributed by atoms with Gasteiger partial charge in [0.2, 0.25) is 0 Å². The van der Waals surface area contributed by atoms with E-state index >= 15 is 0 Å². The molecule has 152 valence electrons. The fraction of sp³-hybridized carbons (Fsp3) is 0.905. The Hall–Kier alpha value is 0.504. The minimum atomic E-state index is -0.153. The molecule has 0 bridgehead atoms. The van der Waals surface area contributed by atoms with Crippen molar-refractivity contribution < 1.29 is 26.4 Å². The molecule has 2 nitrogen and oxygen atoms in total. The zero-order valence-electron chi connectivity index (χ0n) is 17.3. The van der Waals surface area contributed by atoms with Gasteiger partial charge in [-0.15, -0.1) is 0 Å². The van der Waals surface area contributed by atoms with Crippen LogP contribution in [0, 0.1) is 20.8 Å². The van der Waals surface area contributed by atoms with E-state index in [0.29, 0.717) is 5.82 Å². The predicted molar refractivity (Wildman–Crippen MR) is 110 cm³/mol. The third kappa shape index (κ3) is 7.95. The van der Waals surface area contributed by atoms with Crippen LogP contribution in [0.25, 0.3) is 0 Å². The molecule has 2 aliphatic carbocycles. The summed E-state index contributed by atoms with van der Waals surface area (Å²) in [5.74, 6) is 1.73. The van der Waals surface area contributed by atoms with Crippen LogP contribution in [0.3, 0.4) is 0 Å². The maximum Gasteiger partial charge on any atom is 2.00 e. The third-order valence-corrected chi connectivity index (χ3v) is 6.11. The Bertz CT molecular complexity index is 306. The molecule has 0 aromatic carbocycles. The minimum absolute atomic E-state index is 0. The van der Waals surface area contributed by atoms with Crippen molar-refractivity contribution in [3.63, 3.8) is 0 Å². The van der Waals surface area contributed by atoms with Gasteiger partial charge in [-0.3, -0.25) is 0 Å². The largest absolute Gasteiger partial charge is 2.00 e. The summed E-state index contributed by atoms with van der Waals surface area (Å²) in [6.45, 7) is 10.8. The van der Waals surface area contributed by atoms with Crippen molar-refractivity contribution in [3.8, 4) is 0 Å². The quantitative estimate of drug-likeness (QED) is 0.365. The van der Waals surface area contributed by atoms with Crippen LogP contribution in [0.15, 0.2) is 0 Å². The zero-order valence-corrected chi connectivity index (χ0v) is 18.4. The number of rotatable bonds is 2. The van der Waals surface area contributed by atoms with Gasteiger partial charge in [-0.25, -0.2) is 0 Å². The Morgan fingerprint density at radius 3 is 1.48 bits per heavy atom. The molecule has 0 aromatic heterocycles. The van der Waals surface area contributed by atoms with E-state index in [1.807, 2.05) is 0 Å². The molecule has 4 heteroatoms. The molecule has 0 amide bonds. The van der Waals surface area contributed by atoms with Gasteiger partial charge < -0.3 is 24.2 Å². The maximum absolute atomic E-state index is 6.03. The summed E-state index contributed by atoms with van der Waals surface area (Å²) in [5.41, 5.74) is -0.305. The van der Waals surface area contributed by atoms with E-state index in [0.717, 1.165) is 5.92 Å². The van der Waals surface area contributed by atoms with Gasteiger partial charge in [0.1, 0.15) is 0 Å². The van der Waals surface area contributed by atoms with Crippen LogP contribution in [-0.2, 0) is 26.4 Å². The zero-order chi connectivity index (χ0) is 15.5. The van der Waals surface area contributed by atoms with Gasteiger partial charge >= 0.3 is 24.2 Å².